The maximum Gasteiger partial charge on any atom is 0.232 e. The first kappa shape index (κ1) is 14.8. The molecule has 1 amide bonds. The number of amides is 1. The second kappa shape index (κ2) is 5.55. The predicted octanol–water partition coefficient (Wildman–Crippen LogP) is 3.33. The van der Waals surface area contributed by atoms with E-state index in [9.17, 15) is 4.79 Å². The van der Waals surface area contributed by atoms with Crippen molar-refractivity contribution in [3.8, 4) is 0 Å². The summed E-state index contributed by atoms with van der Waals surface area (Å²) in [5.41, 5.74) is 3.27. The molecule has 2 heterocycles. The van der Waals surface area contributed by atoms with Gasteiger partial charge in [0, 0.05) is 24.6 Å². The number of carbonyl (C=O) groups is 1. The quantitative estimate of drug-likeness (QED) is 0.872. The monoisotopic (exact) mass is 299 g/mol. The van der Waals surface area contributed by atoms with Gasteiger partial charge in [-0.1, -0.05) is 25.1 Å². The molecule has 2 aromatic rings. The van der Waals surface area contributed by atoms with Crippen LogP contribution in [0.1, 0.15) is 54.9 Å². The molecular weight excluding hydrogens is 278 g/mol. The average molecular weight is 299 g/mol. The highest BCUT2D eigenvalue weighted by molar-refractivity contribution is 5.96. The van der Waals surface area contributed by atoms with Gasteiger partial charge in [-0.2, -0.15) is 4.98 Å². The van der Waals surface area contributed by atoms with Gasteiger partial charge in [-0.05, 0) is 37.1 Å². The molecule has 3 rings (SSSR count). The number of aryl methyl sites for hydroxylation is 2. The summed E-state index contributed by atoms with van der Waals surface area (Å²) >= 11 is 0. The van der Waals surface area contributed by atoms with Crippen molar-refractivity contribution in [2.45, 2.75) is 46.0 Å². The number of aromatic nitrogens is 2. The first-order chi connectivity index (χ1) is 10.4. The Morgan fingerprint density at radius 3 is 2.50 bits per heavy atom. The van der Waals surface area contributed by atoms with E-state index in [4.69, 9.17) is 4.52 Å². The lowest BCUT2D eigenvalue weighted by atomic mass is 10.1. The van der Waals surface area contributed by atoms with Crippen LogP contribution in [-0.2, 0) is 4.79 Å². The van der Waals surface area contributed by atoms with Gasteiger partial charge in [-0.25, -0.2) is 0 Å². The van der Waals surface area contributed by atoms with Crippen molar-refractivity contribution < 1.29 is 9.32 Å². The van der Waals surface area contributed by atoms with Crippen LogP contribution in [0, 0.1) is 13.8 Å². The lowest BCUT2D eigenvalue weighted by molar-refractivity contribution is -0.117. The molecule has 1 aliphatic heterocycles. The van der Waals surface area contributed by atoms with Crippen LogP contribution in [-0.4, -0.2) is 22.6 Å². The fourth-order valence-corrected chi connectivity index (χ4v) is 2.88. The van der Waals surface area contributed by atoms with Crippen molar-refractivity contribution in [2.24, 2.45) is 0 Å². The van der Waals surface area contributed by atoms with E-state index in [2.05, 4.69) is 16.2 Å². The van der Waals surface area contributed by atoms with Crippen molar-refractivity contribution >= 4 is 11.6 Å². The molecule has 1 aromatic heterocycles. The van der Waals surface area contributed by atoms with Gasteiger partial charge in [0.15, 0.2) is 5.82 Å². The molecule has 1 aliphatic rings. The third kappa shape index (κ3) is 2.75. The Kier molecular flexibility index (Phi) is 3.72. The molecular formula is C17H21N3O2. The van der Waals surface area contributed by atoms with Gasteiger partial charge < -0.3 is 9.42 Å². The maximum absolute atomic E-state index is 12.4. The smallest absolute Gasteiger partial charge is 0.232 e. The molecule has 1 aromatic carbocycles. The molecule has 0 spiro atoms. The molecule has 0 N–H and O–H groups in total. The van der Waals surface area contributed by atoms with Crippen molar-refractivity contribution in [1.29, 1.82) is 0 Å². The van der Waals surface area contributed by atoms with E-state index >= 15 is 0 Å². The topological polar surface area (TPSA) is 59.2 Å². The first-order valence-electron chi connectivity index (χ1n) is 7.66. The van der Waals surface area contributed by atoms with Crippen LogP contribution in [0.5, 0.6) is 0 Å². The van der Waals surface area contributed by atoms with Crippen LogP contribution >= 0.6 is 0 Å². The van der Waals surface area contributed by atoms with Crippen molar-refractivity contribution in [3.05, 3.63) is 41.0 Å². The Morgan fingerprint density at radius 1 is 1.23 bits per heavy atom. The molecule has 1 unspecified atom stereocenters. The third-order valence-electron chi connectivity index (χ3n) is 3.97. The highest BCUT2D eigenvalue weighted by atomic mass is 16.5. The summed E-state index contributed by atoms with van der Waals surface area (Å²) in [6, 6.07) is 6.19. The van der Waals surface area contributed by atoms with E-state index in [1.54, 1.807) is 0 Å². The lowest BCUT2D eigenvalue weighted by Gasteiger charge is -2.17. The number of hydrogen-bond donors (Lipinski definition) is 0. The number of rotatable bonds is 3. The molecule has 0 aliphatic carbocycles. The summed E-state index contributed by atoms with van der Waals surface area (Å²) in [5, 5.41) is 4.00. The zero-order chi connectivity index (χ0) is 15.9. The Bertz CT molecular complexity index is 685. The number of carbonyl (C=O) groups excluding carboxylic acids is 1. The van der Waals surface area contributed by atoms with E-state index in [1.165, 1.54) is 0 Å². The van der Waals surface area contributed by atoms with Crippen LogP contribution in [0.4, 0.5) is 5.69 Å². The van der Waals surface area contributed by atoms with Gasteiger partial charge in [0.2, 0.25) is 11.8 Å². The van der Waals surface area contributed by atoms with Crippen molar-refractivity contribution in [1.82, 2.24) is 10.1 Å². The Morgan fingerprint density at radius 2 is 1.91 bits per heavy atom. The summed E-state index contributed by atoms with van der Waals surface area (Å²) in [6.45, 7) is 8.73. The summed E-state index contributed by atoms with van der Waals surface area (Å²) in [4.78, 5) is 18.6. The number of hydrogen-bond acceptors (Lipinski definition) is 4. The second-order valence-electron chi connectivity index (χ2n) is 6.40. The second-order valence-corrected chi connectivity index (χ2v) is 6.40. The molecule has 0 radical (unpaired) electrons. The van der Waals surface area contributed by atoms with Crippen LogP contribution in [0.3, 0.4) is 0 Å². The maximum atomic E-state index is 12.4. The normalized spacial score (nSPS) is 18.5. The zero-order valence-corrected chi connectivity index (χ0v) is 13.5. The standard InChI is InChI=1S/C17H21N3O2/c1-10(2)16-18-17(22-19-16)13-8-15(21)20(9-13)14-6-11(3)5-12(4)7-14/h5-7,10,13H,8-9H2,1-4H3. The Labute approximate surface area is 130 Å². The highest BCUT2D eigenvalue weighted by Gasteiger charge is 2.35. The minimum Gasteiger partial charge on any atom is -0.339 e. The number of nitrogens with zero attached hydrogens (tertiary/aromatic N) is 3. The minimum absolute atomic E-state index is 0.0201. The van der Waals surface area contributed by atoms with Crippen molar-refractivity contribution in [3.63, 3.8) is 0 Å². The summed E-state index contributed by atoms with van der Waals surface area (Å²) in [5.74, 6) is 1.59. The molecule has 5 heteroatoms. The van der Waals surface area contributed by atoms with Gasteiger partial charge in [0.25, 0.3) is 0 Å². The molecule has 0 bridgehead atoms. The average Bonchev–Trinajstić information content (AvgIpc) is 3.03. The van der Waals surface area contributed by atoms with E-state index in [0.717, 1.165) is 16.8 Å². The fraction of sp³-hybridized carbons (Fsp3) is 0.471. The molecule has 1 atom stereocenters. The van der Waals surface area contributed by atoms with E-state index < -0.39 is 0 Å². The number of benzene rings is 1. The van der Waals surface area contributed by atoms with E-state index in [1.807, 2.05) is 44.7 Å². The van der Waals surface area contributed by atoms with Gasteiger partial charge in [-0.3, -0.25) is 4.79 Å². The summed E-state index contributed by atoms with van der Waals surface area (Å²) in [6.07, 6.45) is 0.423. The SMILES string of the molecule is Cc1cc(C)cc(N2CC(c3nc(C(C)C)no3)CC2=O)c1. The van der Waals surface area contributed by atoms with Crippen molar-refractivity contribution in [2.75, 3.05) is 11.4 Å². The first-order valence-corrected chi connectivity index (χ1v) is 7.66. The summed E-state index contributed by atoms with van der Waals surface area (Å²) in [7, 11) is 0. The number of anilines is 1. The largest absolute Gasteiger partial charge is 0.339 e. The van der Waals surface area contributed by atoms with Crippen LogP contribution < -0.4 is 4.90 Å². The lowest BCUT2D eigenvalue weighted by Crippen LogP contribution is -2.24. The predicted molar refractivity (Wildman–Crippen MR) is 84.0 cm³/mol. The van der Waals surface area contributed by atoms with Gasteiger partial charge in [0.05, 0.1) is 5.92 Å². The van der Waals surface area contributed by atoms with Gasteiger partial charge in [0.1, 0.15) is 0 Å². The van der Waals surface area contributed by atoms with E-state index in [0.29, 0.717) is 24.7 Å². The van der Waals surface area contributed by atoms with Crippen LogP contribution in [0.25, 0.3) is 0 Å². The van der Waals surface area contributed by atoms with Crippen LogP contribution in [0.2, 0.25) is 0 Å². The Hall–Kier alpha value is -2.17. The minimum atomic E-state index is -0.0201. The zero-order valence-electron chi connectivity index (χ0n) is 13.5. The fourth-order valence-electron chi connectivity index (χ4n) is 2.88. The van der Waals surface area contributed by atoms with Gasteiger partial charge in [-0.15, -0.1) is 0 Å². The third-order valence-corrected chi connectivity index (χ3v) is 3.97. The highest BCUT2D eigenvalue weighted by Crippen LogP contribution is 2.32. The molecule has 116 valence electrons. The van der Waals surface area contributed by atoms with Crippen LogP contribution in [0.15, 0.2) is 22.7 Å². The van der Waals surface area contributed by atoms with E-state index in [-0.39, 0.29) is 17.7 Å². The molecule has 0 saturated carbocycles. The molecule has 1 saturated heterocycles. The summed E-state index contributed by atoms with van der Waals surface area (Å²) < 4.78 is 5.35. The molecule has 5 nitrogen and oxygen atoms in total. The molecule has 1 fully saturated rings. The Balaban J connectivity index is 1.83. The molecule has 22 heavy (non-hydrogen) atoms. The van der Waals surface area contributed by atoms with Gasteiger partial charge >= 0.3 is 0 Å².